The molecule has 78 valence electrons. The zero-order valence-corrected chi connectivity index (χ0v) is 9.42. The van der Waals surface area contributed by atoms with E-state index in [1.165, 1.54) is 0 Å². The van der Waals surface area contributed by atoms with Crippen LogP contribution < -0.4 is 0 Å². The second-order valence-corrected chi connectivity index (χ2v) is 6.57. The second-order valence-electron chi connectivity index (χ2n) is 3.80. The van der Waals surface area contributed by atoms with E-state index in [0.29, 0.717) is 6.61 Å². The molecule has 4 nitrogen and oxygen atoms in total. The third kappa shape index (κ3) is 4.77. The molecule has 0 saturated carbocycles. The molecular weight excluding hydrogens is 189 g/mol. The van der Waals surface area contributed by atoms with Crippen LogP contribution >= 0.6 is 7.37 Å². The van der Waals surface area contributed by atoms with Crippen LogP contribution in [-0.2, 0) is 13.8 Å². The van der Waals surface area contributed by atoms with Crippen molar-refractivity contribution in [3.63, 3.8) is 0 Å². The van der Waals surface area contributed by atoms with Crippen LogP contribution in [0.5, 0.6) is 0 Å². The molecular formula is C8H18NO3P. The molecule has 1 rings (SSSR count). The van der Waals surface area contributed by atoms with E-state index in [4.69, 9.17) is 9.26 Å². The van der Waals surface area contributed by atoms with Crippen molar-refractivity contribution in [2.75, 3.05) is 46.7 Å². The van der Waals surface area contributed by atoms with Gasteiger partial charge >= 0.3 is 0 Å². The fraction of sp³-hybridized carbons (Fsp3) is 1.00. The number of rotatable bonds is 3. The number of hydrogen-bond acceptors (Lipinski definition) is 4. The van der Waals surface area contributed by atoms with Crippen molar-refractivity contribution >= 4 is 7.37 Å². The lowest BCUT2D eigenvalue weighted by Crippen LogP contribution is -2.42. The Labute approximate surface area is 79.7 Å². The van der Waals surface area contributed by atoms with Crippen molar-refractivity contribution < 1.29 is 13.8 Å². The summed E-state index contributed by atoms with van der Waals surface area (Å²) in [5, 5.41) is 0. The second kappa shape index (κ2) is 4.56. The highest BCUT2D eigenvalue weighted by molar-refractivity contribution is 7.57. The first-order valence-electron chi connectivity index (χ1n) is 4.47. The summed E-state index contributed by atoms with van der Waals surface area (Å²) in [4.78, 5) is 2.19. The van der Waals surface area contributed by atoms with Crippen LogP contribution in [-0.4, -0.2) is 57.7 Å². The largest absolute Gasteiger partial charge is 0.373 e. The Morgan fingerprint density at radius 1 is 1.62 bits per heavy atom. The predicted molar refractivity (Wildman–Crippen MR) is 52.6 cm³/mol. The van der Waals surface area contributed by atoms with Gasteiger partial charge in [0, 0.05) is 26.4 Å². The van der Waals surface area contributed by atoms with E-state index in [-0.39, 0.29) is 6.10 Å². The molecule has 0 aromatic carbocycles. The zero-order chi connectivity index (χ0) is 9.90. The van der Waals surface area contributed by atoms with Crippen LogP contribution in [0.1, 0.15) is 0 Å². The first kappa shape index (κ1) is 11.2. The van der Waals surface area contributed by atoms with Gasteiger partial charge in [-0.3, -0.25) is 4.57 Å². The summed E-state index contributed by atoms with van der Waals surface area (Å²) in [5.74, 6) is 0. The highest BCUT2D eigenvalue weighted by atomic mass is 31.2. The van der Waals surface area contributed by atoms with Crippen molar-refractivity contribution in [1.82, 2.24) is 4.90 Å². The molecule has 1 aliphatic rings. The molecule has 0 amide bonds. The Hall–Kier alpha value is 0.110. The highest BCUT2D eigenvalue weighted by Gasteiger charge is 2.19. The van der Waals surface area contributed by atoms with Crippen LogP contribution in [0.25, 0.3) is 0 Å². The normalized spacial score (nSPS) is 26.2. The van der Waals surface area contributed by atoms with Crippen molar-refractivity contribution in [2.24, 2.45) is 0 Å². The smallest absolute Gasteiger partial charge is 0.197 e. The van der Waals surface area contributed by atoms with Gasteiger partial charge in [0.05, 0.1) is 19.3 Å². The molecule has 13 heavy (non-hydrogen) atoms. The van der Waals surface area contributed by atoms with Crippen molar-refractivity contribution in [2.45, 2.75) is 6.10 Å². The number of likely N-dealkylation sites (N-methyl/N-ethyl adjacent to an activating group) is 1. The summed E-state index contributed by atoms with van der Waals surface area (Å²) in [6, 6.07) is 0. The molecule has 5 heteroatoms. The SMILES string of the molecule is CN1CCOC(COP(C)(C)=O)C1. The Morgan fingerprint density at radius 2 is 2.31 bits per heavy atom. The van der Waals surface area contributed by atoms with E-state index in [0.717, 1.165) is 19.7 Å². The number of morpholine rings is 1. The summed E-state index contributed by atoms with van der Waals surface area (Å²) in [7, 11) is -0.302. The molecule has 1 saturated heterocycles. The molecule has 1 aliphatic heterocycles. The van der Waals surface area contributed by atoms with Gasteiger partial charge in [-0.05, 0) is 7.05 Å². The van der Waals surface area contributed by atoms with Crippen LogP contribution in [0.4, 0.5) is 0 Å². The monoisotopic (exact) mass is 207 g/mol. The fourth-order valence-electron chi connectivity index (χ4n) is 1.23. The average molecular weight is 207 g/mol. The predicted octanol–water partition coefficient (Wildman–Crippen LogP) is 0.871. The molecule has 0 radical (unpaired) electrons. The molecule has 1 unspecified atom stereocenters. The number of hydrogen-bond donors (Lipinski definition) is 0. The fourth-order valence-corrected chi connectivity index (χ4v) is 1.76. The minimum atomic E-state index is -2.35. The van der Waals surface area contributed by atoms with Gasteiger partial charge in [-0.2, -0.15) is 0 Å². The summed E-state index contributed by atoms with van der Waals surface area (Å²) in [5.41, 5.74) is 0. The van der Waals surface area contributed by atoms with Crippen LogP contribution in [0.3, 0.4) is 0 Å². The van der Waals surface area contributed by atoms with E-state index < -0.39 is 7.37 Å². The van der Waals surface area contributed by atoms with Gasteiger partial charge in [-0.1, -0.05) is 0 Å². The van der Waals surface area contributed by atoms with E-state index >= 15 is 0 Å². The van der Waals surface area contributed by atoms with Gasteiger partial charge in [0.15, 0.2) is 7.37 Å². The quantitative estimate of drug-likeness (QED) is 0.644. The van der Waals surface area contributed by atoms with Gasteiger partial charge < -0.3 is 14.2 Å². The van der Waals surface area contributed by atoms with Crippen molar-refractivity contribution in [3.8, 4) is 0 Å². The molecule has 1 fully saturated rings. The minimum Gasteiger partial charge on any atom is -0.373 e. The van der Waals surface area contributed by atoms with E-state index in [1.807, 2.05) is 7.05 Å². The van der Waals surface area contributed by atoms with Crippen molar-refractivity contribution in [1.29, 1.82) is 0 Å². The Balaban J connectivity index is 2.25. The molecule has 1 heterocycles. The summed E-state index contributed by atoms with van der Waals surface area (Å²) in [6.07, 6.45) is 0.0759. The van der Waals surface area contributed by atoms with Gasteiger partial charge in [0.2, 0.25) is 0 Å². The third-order valence-electron chi connectivity index (χ3n) is 1.91. The maximum absolute atomic E-state index is 11.2. The lowest BCUT2D eigenvalue weighted by molar-refractivity contribution is -0.0397. The lowest BCUT2D eigenvalue weighted by Gasteiger charge is -2.30. The van der Waals surface area contributed by atoms with E-state index in [9.17, 15) is 4.57 Å². The zero-order valence-electron chi connectivity index (χ0n) is 8.52. The lowest BCUT2D eigenvalue weighted by atomic mass is 10.3. The molecule has 1 atom stereocenters. The van der Waals surface area contributed by atoms with Crippen molar-refractivity contribution in [3.05, 3.63) is 0 Å². The van der Waals surface area contributed by atoms with Crippen LogP contribution in [0.2, 0.25) is 0 Å². The number of ether oxygens (including phenoxy) is 1. The molecule has 0 N–H and O–H groups in total. The number of nitrogens with zero attached hydrogens (tertiary/aromatic N) is 1. The van der Waals surface area contributed by atoms with Gasteiger partial charge in [-0.25, -0.2) is 0 Å². The Morgan fingerprint density at radius 3 is 2.85 bits per heavy atom. The third-order valence-corrected chi connectivity index (χ3v) is 2.68. The Bertz CT molecular complexity index is 204. The maximum Gasteiger partial charge on any atom is 0.197 e. The van der Waals surface area contributed by atoms with Gasteiger partial charge in [0.25, 0.3) is 0 Å². The van der Waals surface area contributed by atoms with Gasteiger partial charge in [-0.15, -0.1) is 0 Å². The van der Waals surface area contributed by atoms with Crippen LogP contribution in [0, 0.1) is 0 Å². The topological polar surface area (TPSA) is 38.8 Å². The molecule has 0 spiro atoms. The van der Waals surface area contributed by atoms with Crippen LogP contribution in [0.15, 0.2) is 0 Å². The summed E-state index contributed by atoms with van der Waals surface area (Å²) >= 11 is 0. The Kier molecular flexibility index (Phi) is 3.92. The van der Waals surface area contributed by atoms with Gasteiger partial charge in [0.1, 0.15) is 0 Å². The molecule has 0 aromatic heterocycles. The highest BCUT2D eigenvalue weighted by Crippen LogP contribution is 2.37. The minimum absolute atomic E-state index is 0.0759. The summed E-state index contributed by atoms with van der Waals surface area (Å²) < 4.78 is 21.9. The first-order valence-corrected chi connectivity index (χ1v) is 6.99. The molecule has 0 aliphatic carbocycles. The molecule has 0 bridgehead atoms. The molecule has 0 aromatic rings. The maximum atomic E-state index is 11.2. The standard InChI is InChI=1S/C8H18NO3P/c1-9-4-5-11-8(6-9)7-12-13(2,3)10/h8H,4-7H2,1-3H3. The first-order chi connectivity index (χ1) is 5.97. The van der Waals surface area contributed by atoms with E-state index in [2.05, 4.69) is 4.90 Å². The average Bonchev–Trinajstić information content (AvgIpc) is 2.00. The summed E-state index contributed by atoms with van der Waals surface area (Å²) in [6.45, 7) is 6.25. The van der Waals surface area contributed by atoms with E-state index in [1.54, 1.807) is 13.3 Å².